The highest BCUT2D eigenvalue weighted by molar-refractivity contribution is 5.02. The van der Waals surface area contributed by atoms with Crippen molar-refractivity contribution >= 4 is 0 Å². The zero-order chi connectivity index (χ0) is 11.0. The van der Waals surface area contributed by atoms with Crippen LogP contribution in [0.3, 0.4) is 0 Å². The Morgan fingerprint density at radius 2 is 1.79 bits per heavy atom. The predicted octanol–water partition coefficient (Wildman–Crippen LogP) is 5.20. The monoisotopic (exact) mass is 196 g/mol. The van der Waals surface area contributed by atoms with E-state index in [1.54, 1.807) is 5.57 Å². The Hall–Kier alpha value is -0.260. The Kier molecular flexibility index (Phi) is 7.93. The first-order valence-corrected chi connectivity index (χ1v) is 6.29. The van der Waals surface area contributed by atoms with Gasteiger partial charge < -0.3 is 0 Å². The molecule has 0 bridgehead atoms. The Morgan fingerprint density at radius 1 is 1.14 bits per heavy atom. The van der Waals surface area contributed by atoms with Gasteiger partial charge in [-0.3, -0.25) is 0 Å². The molecule has 0 saturated carbocycles. The maximum absolute atomic E-state index is 2.49. The Morgan fingerprint density at radius 3 is 2.21 bits per heavy atom. The van der Waals surface area contributed by atoms with E-state index in [2.05, 4.69) is 40.7 Å². The number of hydrogen-bond donors (Lipinski definition) is 0. The van der Waals surface area contributed by atoms with Crippen LogP contribution in [0.4, 0.5) is 0 Å². The summed E-state index contributed by atoms with van der Waals surface area (Å²) in [7, 11) is 0. The van der Waals surface area contributed by atoms with Gasteiger partial charge in [-0.25, -0.2) is 0 Å². The molecule has 0 amide bonds. The van der Waals surface area contributed by atoms with Crippen molar-refractivity contribution < 1.29 is 0 Å². The van der Waals surface area contributed by atoms with Gasteiger partial charge in [0.25, 0.3) is 0 Å². The Balaban J connectivity index is 3.84. The molecule has 0 fully saturated rings. The summed E-state index contributed by atoms with van der Waals surface area (Å²) in [5, 5.41) is 0. The minimum atomic E-state index is 0.768. The number of hydrogen-bond acceptors (Lipinski definition) is 0. The third-order valence-electron chi connectivity index (χ3n) is 2.90. The summed E-state index contributed by atoms with van der Waals surface area (Å²) in [6.07, 6.45) is 9.06. The molecule has 0 spiro atoms. The highest BCUT2D eigenvalue weighted by Crippen LogP contribution is 2.17. The molecule has 0 aromatic rings. The molecule has 1 unspecified atom stereocenters. The Bertz CT molecular complexity index is 153. The van der Waals surface area contributed by atoms with Crippen molar-refractivity contribution in [3.8, 4) is 0 Å². The van der Waals surface area contributed by atoms with Crippen molar-refractivity contribution in [3.05, 3.63) is 11.6 Å². The second-order valence-electron chi connectivity index (χ2n) is 4.85. The first-order valence-electron chi connectivity index (χ1n) is 6.29. The minimum Gasteiger partial charge on any atom is -0.0825 e. The fourth-order valence-corrected chi connectivity index (χ4v) is 1.64. The molecule has 0 heterocycles. The highest BCUT2D eigenvalue weighted by Gasteiger charge is 2.00. The molecule has 0 N–H and O–H groups in total. The summed E-state index contributed by atoms with van der Waals surface area (Å²) in [5.41, 5.74) is 1.67. The van der Waals surface area contributed by atoms with E-state index in [9.17, 15) is 0 Å². The molecule has 0 aliphatic carbocycles. The summed E-state index contributed by atoms with van der Waals surface area (Å²) >= 11 is 0. The molecule has 0 nitrogen and oxygen atoms in total. The largest absolute Gasteiger partial charge is 0.0825 e. The first kappa shape index (κ1) is 13.7. The third kappa shape index (κ3) is 7.17. The summed E-state index contributed by atoms with van der Waals surface area (Å²) in [5.74, 6) is 1.63. The van der Waals surface area contributed by atoms with E-state index in [-0.39, 0.29) is 0 Å². The molecule has 1 atom stereocenters. The SMILES string of the molecule is CC/C(=C/C(C)CC)CCCC(C)C. The van der Waals surface area contributed by atoms with Crippen LogP contribution < -0.4 is 0 Å². The van der Waals surface area contributed by atoms with Gasteiger partial charge in [0, 0.05) is 0 Å². The fraction of sp³-hybridized carbons (Fsp3) is 0.857. The van der Waals surface area contributed by atoms with Crippen LogP contribution in [0.1, 0.15) is 66.7 Å². The van der Waals surface area contributed by atoms with Crippen LogP contribution in [0.25, 0.3) is 0 Å². The average molecular weight is 196 g/mol. The van der Waals surface area contributed by atoms with E-state index in [1.165, 1.54) is 32.1 Å². The number of rotatable bonds is 7. The normalized spacial score (nSPS) is 14.9. The van der Waals surface area contributed by atoms with Gasteiger partial charge in [-0.05, 0) is 31.1 Å². The van der Waals surface area contributed by atoms with E-state index in [1.807, 2.05) is 0 Å². The van der Waals surface area contributed by atoms with Crippen LogP contribution >= 0.6 is 0 Å². The van der Waals surface area contributed by atoms with E-state index in [0.29, 0.717) is 0 Å². The zero-order valence-electron chi connectivity index (χ0n) is 10.8. The summed E-state index contributed by atoms with van der Waals surface area (Å²) in [6, 6.07) is 0. The highest BCUT2D eigenvalue weighted by atomic mass is 14.1. The van der Waals surface area contributed by atoms with E-state index in [4.69, 9.17) is 0 Å². The van der Waals surface area contributed by atoms with Crippen LogP contribution in [0.15, 0.2) is 11.6 Å². The molecule has 0 saturated heterocycles. The van der Waals surface area contributed by atoms with Crippen LogP contribution in [-0.4, -0.2) is 0 Å². The smallest absolute Gasteiger partial charge is 0.0262 e. The summed E-state index contributed by atoms with van der Waals surface area (Å²) in [4.78, 5) is 0. The Labute approximate surface area is 90.8 Å². The van der Waals surface area contributed by atoms with Gasteiger partial charge in [0.15, 0.2) is 0 Å². The molecule has 0 aliphatic rings. The molecule has 14 heavy (non-hydrogen) atoms. The minimum absolute atomic E-state index is 0.768. The van der Waals surface area contributed by atoms with Crippen LogP contribution in [0.2, 0.25) is 0 Å². The van der Waals surface area contributed by atoms with E-state index < -0.39 is 0 Å². The van der Waals surface area contributed by atoms with Crippen LogP contribution in [0.5, 0.6) is 0 Å². The maximum Gasteiger partial charge on any atom is -0.0262 e. The molecular formula is C14H28. The predicted molar refractivity (Wildman–Crippen MR) is 66.5 cm³/mol. The van der Waals surface area contributed by atoms with Gasteiger partial charge in [-0.1, -0.05) is 59.1 Å². The molecule has 84 valence electrons. The van der Waals surface area contributed by atoms with Crippen LogP contribution in [-0.2, 0) is 0 Å². The van der Waals surface area contributed by atoms with Crippen molar-refractivity contribution in [2.24, 2.45) is 11.8 Å². The number of allylic oxidation sites excluding steroid dienone is 2. The lowest BCUT2D eigenvalue weighted by atomic mass is 9.97. The third-order valence-corrected chi connectivity index (χ3v) is 2.90. The first-order chi connectivity index (χ1) is 6.60. The zero-order valence-corrected chi connectivity index (χ0v) is 10.8. The van der Waals surface area contributed by atoms with Gasteiger partial charge in [0.05, 0.1) is 0 Å². The topological polar surface area (TPSA) is 0 Å². The van der Waals surface area contributed by atoms with Crippen molar-refractivity contribution in [2.75, 3.05) is 0 Å². The fourth-order valence-electron chi connectivity index (χ4n) is 1.64. The van der Waals surface area contributed by atoms with Gasteiger partial charge in [0.1, 0.15) is 0 Å². The molecule has 0 rings (SSSR count). The average Bonchev–Trinajstić information content (AvgIpc) is 2.15. The van der Waals surface area contributed by atoms with Crippen molar-refractivity contribution in [1.82, 2.24) is 0 Å². The molecule has 0 heteroatoms. The van der Waals surface area contributed by atoms with Crippen molar-refractivity contribution in [3.63, 3.8) is 0 Å². The lowest BCUT2D eigenvalue weighted by molar-refractivity contribution is 0.549. The van der Waals surface area contributed by atoms with Crippen molar-refractivity contribution in [2.45, 2.75) is 66.7 Å². The lowest BCUT2D eigenvalue weighted by Crippen LogP contribution is -1.92. The second-order valence-corrected chi connectivity index (χ2v) is 4.85. The van der Waals surface area contributed by atoms with Crippen LogP contribution in [0, 0.1) is 11.8 Å². The van der Waals surface area contributed by atoms with Gasteiger partial charge in [0.2, 0.25) is 0 Å². The summed E-state index contributed by atoms with van der Waals surface area (Å²) in [6.45, 7) is 11.5. The second kappa shape index (κ2) is 8.08. The quantitative estimate of drug-likeness (QED) is 0.491. The van der Waals surface area contributed by atoms with Crippen molar-refractivity contribution in [1.29, 1.82) is 0 Å². The van der Waals surface area contributed by atoms with E-state index >= 15 is 0 Å². The van der Waals surface area contributed by atoms with Gasteiger partial charge >= 0.3 is 0 Å². The van der Waals surface area contributed by atoms with Gasteiger partial charge in [-0.15, -0.1) is 0 Å². The molecular weight excluding hydrogens is 168 g/mol. The lowest BCUT2D eigenvalue weighted by Gasteiger charge is -2.09. The molecule has 0 aromatic carbocycles. The maximum atomic E-state index is 2.49. The van der Waals surface area contributed by atoms with Gasteiger partial charge in [-0.2, -0.15) is 0 Å². The molecule has 0 aromatic heterocycles. The molecule has 0 aliphatic heterocycles. The summed E-state index contributed by atoms with van der Waals surface area (Å²) < 4.78 is 0. The standard InChI is InChI=1S/C14H28/c1-6-13(5)11-14(7-2)10-8-9-12(3)4/h11-13H,6-10H2,1-5H3/b14-11-. The van der Waals surface area contributed by atoms with E-state index in [0.717, 1.165) is 11.8 Å². The molecule has 0 radical (unpaired) electrons.